The van der Waals surface area contributed by atoms with E-state index in [0.717, 1.165) is 38.8 Å². The monoisotopic (exact) mass is 445 g/mol. The van der Waals surface area contributed by atoms with Gasteiger partial charge in [0.2, 0.25) is 5.28 Å². The molecule has 0 fully saturated rings. The normalized spacial score (nSPS) is 11.8. The fraction of sp³-hybridized carbons (Fsp3) is 0. The van der Waals surface area contributed by atoms with E-state index in [1.165, 1.54) is 10.8 Å². The zero-order valence-electron chi connectivity index (χ0n) is 17.4. The summed E-state index contributed by atoms with van der Waals surface area (Å²) in [5.74, 6) is 0. The van der Waals surface area contributed by atoms with Crippen LogP contribution in [0, 0.1) is 0 Å². The number of benzene rings is 4. The van der Waals surface area contributed by atoms with Crippen molar-refractivity contribution < 1.29 is 4.42 Å². The number of nitrogens with zero attached hydrogens (tertiary/aromatic N) is 3. The smallest absolute Gasteiger partial charge is 0.223 e. The molecular formula is C28H16ClN3O. The van der Waals surface area contributed by atoms with Crippen LogP contribution in [0.25, 0.3) is 60.8 Å². The van der Waals surface area contributed by atoms with Gasteiger partial charge in [-0.15, -0.1) is 0 Å². The molecule has 3 heterocycles. The van der Waals surface area contributed by atoms with Gasteiger partial charge in [-0.25, -0.2) is 9.97 Å². The van der Waals surface area contributed by atoms with Gasteiger partial charge in [0.1, 0.15) is 16.8 Å². The van der Waals surface area contributed by atoms with E-state index in [1.807, 2.05) is 36.4 Å². The number of hydrogen-bond acceptors (Lipinski definition) is 3. The summed E-state index contributed by atoms with van der Waals surface area (Å²) in [4.78, 5) is 9.14. The summed E-state index contributed by atoms with van der Waals surface area (Å²) in [5, 5.41) is 3.53. The van der Waals surface area contributed by atoms with Crippen molar-refractivity contribution in [3.05, 3.63) is 102 Å². The predicted molar refractivity (Wildman–Crippen MR) is 134 cm³/mol. The van der Waals surface area contributed by atoms with E-state index in [4.69, 9.17) is 16.0 Å². The molecule has 0 amide bonds. The van der Waals surface area contributed by atoms with Crippen molar-refractivity contribution in [2.45, 2.75) is 0 Å². The highest BCUT2D eigenvalue weighted by Gasteiger charge is 2.21. The lowest BCUT2D eigenvalue weighted by Gasteiger charge is -2.13. The van der Waals surface area contributed by atoms with Crippen LogP contribution in [-0.2, 0) is 0 Å². The first-order chi connectivity index (χ1) is 16.3. The van der Waals surface area contributed by atoms with Crippen molar-refractivity contribution in [3.8, 4) is 16.9 Å². The molecule has 0 N–H and O–H groups in total. The van der Waals surface area contributed by atoms with E-state index in [9.17, 15) is 0 Å². The lowest BCUT2D eigenvalue weighted by molar-refractivity contribution is 0.667. The third-order valence-electron chi connectivity index (χ3n) is 6.17. The van der Waals surface area contributed by atoms with Crippen LogP contribution in [0.4, 0.5) is 0 Å². The second kappa shape index (κ2) is 6.92. The largest absolute Gasteiger partial charge is 0.452 e. The van der Waals surface area contributed by atoms with Crippen molar-refractivity contribution in [2.24, 2.45) is 0 Å². The second-order valence-electron chi connectivity index (χ2n) is 8.00. The Bertz CT molecular complexity index is 1790. The highest BCUT2D eigenvalue weighted by Crippen LogP contribution is 2.39. The van der Waals surface area contributed by atoms with Crippen molar-refractivity contribution in [2.75, 3.05) is 0 Å². The molecule has 4 aromatic carbocycles. The third-order valence-corrected chi connectivity index (χ3v) is 6.34. The maximum atomic E-state index is 6.43. The Kier molecular flexibility index (Phi) is 3.87. The van der Waals surface area contributed by atoms with Gasteiger partial charge in [-0.1, -0.05) is 66.7 Å². The number of aromatic nitrogens is 3. The van der Waals surface area contributed by atoms with Crippen LogP contribution in [0.15, 0.2) is 101 Å². The van der Waals surface area contributed by atoms with Gasteiger partial charge >= 0.3 is 0 Å². The molecule has 33 heavy (non-hydrogen) atoms. The molecule has 7 rings (SSSR count). The van der Waals surface area contributed by atoms with Gasteiger partial charge < -0.3 is 8.98 Å². The first kappa shape index (κ1) is 18.4. The average molecular weight is 446 g/mol. The Morgan fingerprint density at radius 1 is 0.636 bits per heavy atom. The number of rotatable bonds is 2. The second-order valence-corrected chi connectivity index (χ2v) is 8.34. The van der Waals surface area contributed by atoms with E-state index in [0.29, 0.717) is 11.3 Å². The molecule has 0 unspecified atom stereocenters. The molecule has 0 saturated heterocycles. The minimum atomic E-state index is 0.195. The summed E-state index contributed by atoms with van der Waals surface area (Å²) >= 11 is 6.43. The summed E-state index contributed by atoms with van der Waals surface area (Å²) in [6, 6.07) is 33.0. The molecule has 0 radical (unpaired) electrons. The lowest BCUT2D eigenvalue weighted by Crippen LogP contribution is -1.99. The summed E-state index contributed by atoms with van der Waals surface area (Å²) in [6.45, 7) is 0. The zero-order chi connectivity index (χ0) is 21.9. The molecular weight excluding hydrogens is 430 g/mol. The summed E-state index contributed by atoms with van der Waals surface area (Å²) in [5.41, 5.74) is 6.99. The van der Waals surface area contributed by atoms with Crippen LogP contribution in [-0.4, -0.2) is 14.5 Å². The van der Waals surface area contributed by atoms with E-state index in [-0.39, 0.29) is 5.28 Å². The summed E-state index contributed by atoms with van der Waals surface area (Å²) < 4.78 is 8.53. The molecule has 5 heteroatoms. The number of para-hydroxylation sites is 4. The highest BCUT2D eigenvalue weighted by atomic mass is 35.5. The van der Waals surface area contributed by atoms with E-state index >= 15 is 0 Å². The van der Waals surface area contributed by atoms with Crippen LogP contribution >= 0.6 is 11.6 Å². The number of halogens is 1. The Morgan fingerprint density at radius 2 is 1.24 bits per heavy atom. The maximum Gasteiger partial charge on any atom is 0.223 e. The van der Waals surface area contributed by atoms with Gasteiger partial charge in [0.15, 0.2) is 5.58 Å². The van der Waals surface area contributed by atoms with Crippen LogP contribution in [0.1, 0.15) is 0 Å². The Hall–Kier alpha value is -4.15. The Morgan fingerprint density at radius 3 is 2.00 bits per heavy atom. The van der Waals surface area contributed by atoms with Gasteiger partial charge in [-0.05, 0) is 41.9 Å². The number of hydrogen-bond donors (Lipinski definition) is 0. The van der Waals surface area contributed by atoms with Crippen molar-refractivity contribution in [3.63, 3.8) is 0 Å². The molecule has 156 valence electrons. The van der Waals surface area contributed by atoms with Gasteiger partial charge in [-0.2, -0.15) is 0 Å². The lowest BCUT2D eigenvalue weighted by atomic mass is 10.1. The molecule has 0 aliphatic rings. The van der Waals surface area contributed by atoms with Crippen LogP contribution in [0.2, 0.25) is 5.28 Å². The first-order valence-corrected chi connectivity index (χ1v) is 11.1. The van der Waals surface area contributed by atoms with Gasteiger partial charge in [-0.3, -0.25) is 0 Å². The highest BCUT2D eigenvalue weighted by molar-refractivity contribution is 6.29. The predicted octanol–water partition coefficient (Wildman–Crippen LogP) is 7.79. The number of furan rings is 1. The molecule has 3 aromatic heterocycles. The maximum absolute atomic E-state index is 6.43. The molecule has 0 aliphatic carbocycles. The minimum absolute atomic E-state index is 0.195. The summed E-state index contributed by atoms with van der Waals surface area (Å²) in [6.07, 6.45) is 0. The topological polar surface area (TPSA) is 43.9 Å². The van der Waals surface area contributed by atoms with Crippen molar-refractivity contribution in [1.82, 2.24) is 14.5 Å². The van der Waals surface area contributed by atoms with E-state index < -0.39 is 0 Å². The van der Waals surface area contributed by atoms with Crippen LogP contribution in [0.5, 0.6) is 0 Å². The molecule has 7 aromatic rings. The average Bonchev–Trinajstić information content (AvgIpc) is 3.40. The van der Waals surface area contributed by atoms with Gasteiger partial charge in [0, 0.05) is 21.7 Å². The van der Waals surface area contributed by atoms with Crippen molar-refractivity contribution in [1.29, 1.82) is 0 Å². The quantitative estimate of drug-likeness (QED) is 0.255. The third kappa shape index (κ3) is 2.65. The van der Waals surface area contributed by atoms with Gasteiger partial charge in [0.25, 0.3) is 0 Å². The van der Waals surface area contributed by atoms with E-state index in [1.54, 1.807) is 0 Å². The first-order valence-electron chi connectivity index (χ1n) is 10.7. The molecule has 0 spiro atoms. The van der Waals surface area contributed by atoms with Gasteiger partial charge in [0.05, 0.1) is 16.7 Å². The van der Waals surface area contributed by atoms with Crippen molar-refractivity contribution >= 4 is 55.5 Å². The molecule has 0 aliphatic heterocycles. The molecule has 0 saturated carbocycles. The molecule has 0 bridgehead atoms. The molecule has 0 atom stereocenters. The summed E-state index contributed by atoms with van der Waals surface area (Å²) in [7, 11) is 0. The standard InChI is InChI=1S/C28H16ClN3O/c29-28-30-25(27-26(31-28)20-12-4-8-16-24(20)33-27)19-11-3-7-15-23(19)32-21-13-5-1-9-17(21)18-10-2-6-14-22(18)32/h1-16H. The van der Waals surface area contributed by atoms with E-state index in [2.05, 4.69) is 75.2 Å². The fourth-order valence-corrected chi connectivity index (χ4v) is 4.97. The Balaban J connectivity index is 1.61. The minimum Gasteiger partial charge on any atom is -0.452 e. The SMILES string of the molecule is Clc1nc(-c2ccccc2-n2c3ccccc3c3ccccc32)c2oc3ccccc3c2n1. The van der Waals surface area contributed by atoms with Crippen LogP contribution in [0.3, 0.4) is 0 Å². The fourth-order valence-electron chi connectivity index (χ4n) is 4.80. The number of fused-ring (bicyclic) bond motifs is 6. The van der Waals surface area contributed by atoms with Crippen LogP contribution < -0.4 is 0 Å². The zero-order valence-corrected chi connectivity index (χ0v) is 18.1. The Labute approximate surface area is 193 Å². The molecule has 4 nitrogen and oxygen atoms in total.